The van der Waals surface area contributed by atoms with Gasteiger partial charge in [0.25, 0.3) is 0 Å². The first-order valence-corrected chi connectivity index (χ1v) is 9.46. The summed E-state index contributed by atoms with van der Waals surface area (Å²) in [6.45, 7) is 5.45. The van der Waals surface area contributed by atoms with Crippen LogP contribution in [0, 0.1) is 0 Å². The van der Waals surface area contributed by atoms with E-state index in [0.717, 1.165) is 16.8 Å². The maximum absolute atomic E-state index is 6.41. The van der Waals surface area contributed by atoms with Crippen molar-refractivity contribution >= 4 is 35.1 Å². The van der Waals surface area contributed by atoms with Gasteiger partial charge in [-0.3, -0.25) is 0 Å². The Morgan fingerprint density at radius 3 is 2.68 bits per heavy atom. The minimum absolute atomic E-state index is 0.362. The Hall–Kier alpha value is 0.170. The minimum atomic E-state index is 0.362. The molecule has 1 aliphatic heterocycles. The Labute approximate surface area is 130 Å². The summed E-state index contributed by atoms with van der Waals surface area (Å²) in [6, 6.07) is 8.63. The zero-order chi connectivity index (χ0) is 13.7. The molecule has 1 aromatic carbocycles. The summed E-state index contributed by atoms with van der Waals surface area (Å²) in [5.41, 5.74) is 1.25. The summed E-state index contributed by atoms with van der Waals surface area (Å²) >= 11 is 10.6. The molecule has 2 rings (SSSR count). The van der Waals surface area contributed by atoms with Crippen LogP contribution in [-0.4, -0.2) is 28.6 Å². The first-order chi connectivity index (χ1) is 9.27. The van der Waals surface area contributed by atoms with Crippen LogP contribution in [0.5, 0.6) is 0 Å². The predicted octanol–water partition coefficient (Wildman–Crippen LogP) is 4.62. The average molecular weight is 316 g/mol. The van der Waals surface area contributed by atoms with E-state index in [-0.39, 0.29) is 0 Å². The lowest BCUT2D eigenvalue weighted by Crippen LogP contribution is -2.38. The van der Waals surface area contributed by atoms with Crippen LogP contribution in [0.3, 0.4) is 0 Å². The third kappa shape index (κ3) is 3.84. The summed E-state index contributed by atoms with van der Waals surface area (Å²) in [5.74, 6) is 2.53. The van der Waals surface area contributed by atoms with Crippen molar-refractivity contribution in [3.8, 4) is 0 Å². The van der Waals surface area contributed by atoms with Crippen molar-refractivity contribution in [3.05, 3.63) is 34.9 Å². The maximum Gasteiger partial charge on any atom is 0.0466 e. The molecule has 0 saturated carbocycles. The van der Waals surface area contributed by atoms with Crippen LogP contribution < -0.4 is 5.32 Å². The van der Waals surface area contributed by atoms with Gasteiger partial charge in [-0.15, -0.1) is 0 Å². The Bertz CT molecular complexity index is 399. The predicted molar refractivity (Wildman–Crippen MR) is 90.7 cm³/mol. The highest BCUT2D eigenvalue weighted by atomic mass is 35.5. The molecule has 0 spiro atoms. The lowest BCUT2D eigenvalue weighted by Gasteiger charge is -2.37. The number of rotatable bonds is 5. The van der Waals surface area contributed by atoms with Gasteiger partial charge in [-0.2, -0.15) is 23.5 Å². The Kier molecular flexibility index (Phi) is 6.40. The van der Waals surface area contributed by atoms with E-state index in [4.69, 9.17) is 11.6 Å². The van der Waals surface area contributed by atoms with E-state index in [2.05, 4.69) is 54.8 Å². The van der Waals surface area contributed by atoms with Gasteiger partial charge in [0.15, 0.2) is 0 Å². The van der Waals surface area contributed by atoms with Gasteiger partial charge in [0.2, 0.25) is 0 Å². The smallest absolute Gasteiger partial charge is 0.0466 e. The summed E-state index contributed by atoms with van der Waals surface area (Å²) in [6.07, 6.45) is 1.23. The number of halogens is 1. The standard InChI is InChI=1S/C15H22ClNS2/c1-3-13-15(19-10-9-18-13)14(17-4-2)11-7-5-6-8-12(11)16/h5-8,13-15,17H,3-4,9-10H2,1-2H3. The lowest BCUT2D eigenvalue weighted by molar-refractivity contribution is 0.513. The van der Waals surface area contributed by atoms with E-state index in [9.17, 15) is 0 Å². The number of hydrogen-bond acceptors (Lipinski definition) is 3. The number of benzene rings is 1. The topological polar surface area (TPSA) is 12.0 Å². The molecule has 1 saturated heterocycles. The van der Waals surface area contributed by atoms with Crippen LogP contribution in [0.25, 0.3) is 0 Å². The van der Waals surface area contributed by atoms with Crippen molar-refractivity contribution in [2.75, 3.05) is 18.1 Å². The van der Waals surface area contributed by atoms with E-state index >= 15 is 0 Å². The van der Waals surface area contributed by atoms with Crippen molar-refractivity contribution in [1.29, 1.82) is 0 Å². The van der Waals surface area contributed by atoms with Crippen molar-refractivity contribution in [1.82, 2.24) is 5.32 Å². The SMILES string of the molecule is CCNC(c1ccccc1Cl)C1SCCSC1CC. The molecule has 0 aliphatic carbocycles. The molecule has 1 aliphatic rings. The van der Waals surface area contributed by atoms with Crippen molar-refractivity contribution < 1.29 is 0 Å². The van der Waals surface area contributed by atoms with Crippen molar-refractivity contribution in [2.45, 2.75) is 36.8 Å². The molecule has 1 nitrogen and oxygen atoms in total. The highest BCUT2D eigenvalue weighted by molar-refractivity contribution is 8.07. The molecule has 0 radical (unpaired) electrons. The van der Waals surface area contributed by atoms with Gasteiger partial charge in [-0.1, -0.05) is 43.6 Å². The van der Waals surface area contributed by atoms with E-state index in [1.54, 1.807) is 0 Å². The molecule has 0 bridgehead atoms. The zero-order valence-electron chi connectivity index (χ0n) is 11.6. The Morgan fingerprint density at radius 1 is 1.26 bits per heavy atom. The molecule has 4 heteroatoms. The molecule has 1 aromatic rings. The van der Waals surface area contributed by atoms with Gasteiger partial charge in [-0.05, 0) is 24.6 Å². The second-order valence-electron chi connectivity index (χ2n) is 4.71. The van der Waals surface area contributed by atoms with Crippen LogP contribution in [0.15, 0.2) is 24.3 Å². The first kappa shape index (κ1) is 15.6. The van der Waals surface area contributed by atoms with Crippen molar-refractivity contribution in [3.63, 3.8) is 0 Å². The molecule has 19 heavy (non-hydrogen) atoms. The second kappa shape index (κ2) is 7.82. The summed E-state index contributed by atoms with van der Waals surface area (Å²) in [7, 11) is 0. The van der Waals surface area contributed by atoms with Crippen LogP contribution in [0.4, 0.5) is 0 Å². The van der Waals surface area contributed by atoms with Gasteiger partial charge < -0.3 is 5.32 Å². The van der Waals surface area contributed by atoms with Gasteiger partial charge in [0.1, 0.15) is 0 Å². The molecule has 1 fully saturated rings. The molecular weight excluding hydrogens is 294 g/mol. The molecule has 0 amide bonds. The fraction of sp³-hybridized carbons (Fsp3) is 0.600. The molecule has 1 N–H and O–H groups in total. The Morgan fingerprint density at radius 2 is 2.00 bits per heavy atom. The molecule has 3 atom stereocenters. The highest BCUT2D eigenvalue weighted by Crippen LogP contribution is 2.41. The maximum atomic E-state index is 6.41. The third-order valence-electron chi connectivity index (χ3n) is 3.49. The molecular formula is C15H22ClNS2. The van der Waals surface area contributed by atoms with E-state index in [0.29, 0.717) is 11.3 Å². The van der Waals surface area contributed by atoms with Gasteiger partial charge >= 0.3 is 0 Å². The summed E-state index contributed by atoms with van der Waals surface area (Å²) in [5, 5.41) is 5.88. The van der Waals surface area contributed by atoms with Crippen LogP contribution in [0.2, 0.25) is 5.02 Å². The second-order valence-corrected chi connectivity index (χ2v) is 7.75. The Balaban J connectivity index is 2.26. The molecule has 3 unspecified atom stereocenters. The minimum Gasteiger partial charge on any atom is -0.309 e. The number of nitrogens with one attached hydrogen (secondary N) is 1. The first-order valence-electron chi connectivity index (χ1n) is 6.99. The normalized spacial score (nSPS) is 25.2. The molecule has 0 aromatic heterocycles. The van der Waals surface area contributed by atoms with Gasteiger partial charge in [0, 0.05) is 33.1 Å². The van der Waals surface area contributed by atoms with Gasteiger partial charge in [-0.25, -0.2) is 0 Å². The van der Waals surface area contributed by atoms with E-state index < -0.39 is 0 Å². The fourth-order valence-corrected chi connectivity index (χ4v) is 6.09. The lowest BCUT2D eigenvalue weighted by atomic mass is 10.00. The fourth-order valence-electron chi connectivity index (χ4n) is 2.60. The average Bonchev–Trinajstić information content (AvgIpc) is 2.46. The van der Waals surface area contributed by atoms with Crippen molar-refractivity contribution in [2.24, 2.45) is 0 Å². The van der Waals surface area contributed by atoms with Crippen LogP contribution in [0.1, 0.15) is 31.9 Å². The number of thioether (sulfide) groups is 2. The summed E-state index contributed by atoms with van der Waals surface area (Å²) < 4.78 is 0. The third-order valence-corrected chi connectivity index (χ3v) is 7.18. The monoisotopic (exact) mass is 315 g/mol. The van der Waals surface area contributed by atoms with Crippen LogP contribution in [-0.2, 0) is 0 Å². The van der Waals surface area contributed by atoms with E-state index in [1.165, 1.54) is 23.5 Å². The zero-order valence-corrected chi connectivity index (χ0v) is 14.0. The van der Waals surface area contributed by atoms with Crippen LogP contribution >= 0.6 is 35.1 Å². The quantitative estimate of drug-likeness (QED) is 0.851. The number of hydrogen-bond donors (Lipinski definition) is 1. The highest BCUT2D eigenvalue weighted by Gasteiger charge is 2.33. The summed E-state index contributed by atoms with van der Waals surface area (Å²) in [4.78, 5) is 0. The largest absolute Gasteiger partial charge is 0.309 e. The van der Waals surface area contributed by atoms with Gasteiger partial charge in [0.05, 0.1) is 0 Å². The van der Waals surface area contributed by atoms with E-state index in [1.807, 2.05) is 12.1 Å². The molecule has 106 valence electrons. The molecule has 1 heterocycles.